The number of likely N-dealkylation sites (N-methyl/N-ethyl adjacent to an activating group) is 1. The third kappa shape index (κ3) is 3.24. The van der Waals surface area contributed by atoms with Crippen LogP contribution in [0.4, 0.5) is 13.2 Å². The third-order valence-corrected chi connectivity index (χ3v) is 3.49. The molecule has 1 aliphatic rings. The molecule has 1 saturated carbocycles. The van der Waals surface area contributed by atoms with Gasteiger partial charge >= 0.3 is 6.18 Å². The Kier molecular flexibility index (Phi) is 4.42. The van der Waals surface area contributed by atoms with Crippen LogP contribution in [-0.4, -0.2) is 19.3 Å². The third-order valence-electron chi connectivity index (χ3n) is 3.49. The van der Waals surface area contributed by atoms with Crippen molar-refractivity contribution < 1.29 is 13.2 Å². The molecule has 0 heterocycles. The van der Waals surface area contributed by atoms with Crippen LogP contribution in [0.2, 0.25) is 0 Å². The van der Waals surface area contributed by atoms with Gasteiger partial charge in [-0.1, -0.05) is 18.6 Å². The maximum atomic E-state index is 12.6. The largest absolute Gasteiger partial charge is 0.391 e. The van der Waals surface area contributed by atoms with E-state index in [0.29, 0.717) is 6.42 Å². The molecule has 94 valence electrons. The van der Waals surface area contributed by atoms with E-state index in [2.05, 4.69) is 11.9 Å². The van der Waals surface area contributed by atoms with E-state index < -0.39 is 12.1 Å². The van der Waals surface area contributed by atoms with E-state index in [0.717, 1.165) is 12.0 Å². The molecule has 0 aliphatic heterocycles. The van der Waals surface area contributed by atoms with E-state index in [1.165, 1.54) is 0 Å². The quantitative estimate of drug-likeness (QED) is 0.738. The highest BCUT2D eigenvalue weighted by Crippen LogP contribution is 2.41. The van der Waals surface area contributed by atoms with E-state index in [4.69, 9.17) is 0 Å². The van der Waals surface area contributed by atoms with Gasteiger partial charge < -0.3 is 5.32 Å². The van der Waals surface area contributed by atoms with Crippen molar-refractivity contribution in [2.24, 2.45) is 11.8 Å². The maximum absolute atomic E-state index is 12.6. The highest BCUT2D eigenvalue weighted by atomic mass is 19.4. The van der Waals surface area contributed by atoms with Gasteiger partial charge in [-0.3, -0.25) is 0 Å². The van der Waals surface area contributed by atoms with Crippen molar-refractivity contribution in [1.82, 2.24) is 5.32 Å². The summed E-state index contributed by atoms with van der Waals surface area (Å²) in [5.41, 5.74) is 0.926. The van der Waals surface area contributed by atoms with Gasteiger partial charge in [0.05, 0.1) is 5.92 Å². The maximum Gasteiger partial charge on any atom is 0.391 e. The highest BCUT2D eigenvalue weighted by Gasteiger charge is 2.43. The summed E-state index contributed by atoms with van der Waals surface area (Å²) in [6.07, 6.45) is -1.98. The first kappa shape index (κ1) is 13.6. The van der Waals surface area contributed by atoms with Crippen molar-refractivity contribution in [3.63, 3.8) is 0 Å². The van der Waals surface area contributed by atoms with Gasteiger partial charge in [0.1, 0.15) is 0 Å². The summed E-state index contributed by atoms with van der Waals surface area (Å²) >= 11 is 0. The summed E-state index contributed by atoms with van der Waals surface area (Å²) in [6, 6.07) is 0.0187. The van der Waals surface area contributed by atoms with Crippen LogP contribution in [-0.2, 0) is 0 Å². The fourth-order valence-corrected chi connectivity index (χ4v) is 2.71. The van der Waals surface area contributed by atoms with Crippen LogP contribution < -0.4 is 5.32 Å². The van der Waals surface area contributed by atoms with Crippen molar-refractivity contribution in [3.8, 4) is 0 Å². The monoisotopic (exact) mass is 235 g/mol. The Hall–Kier alpha value is -0.510. The molecule has 0 aromatic carbocycles. The summed E-state index contributed by atoms with van der Waals surface area (Å²) in [4.78, 5) is 0. The fraction of sp³-hybridized carbons (Fsp3) is 0.833. The van der Waals surface area contributed by atoms with E-state index in [-0.39, 0.29) is 24.8 Å². The van der Waals surface area contributed by atoms with Crippen molar-refractivity contribution in [3.05, 3.63) is 12.2 Å². The van der Waals surface area contributed by atoms with Crippen molar-refractivity contribution in [2.45, 2.75) is 44.8 Å². The summed E-state index contributed by atoms with van der Waals surface area (Å²) in [5, 5.41) is 3.08. The number of alkyl halides is 3. The van der Waals surface area contributed by atoms with Crippen LogP contribution in [0.25, 0.3) is 0 Å². The normalized spacial score (nSPS) is 28.8. The van der Waals surface area contributed by atoms with Crippen molar-refractivity contribution in [2.75, 3.05) is 7.05 Å². The molecule has 0 spiro atoms. The topological polar surface area (TPSA) is 12.0 Å². The molecule has 0 aromatic rings. The molecule has 1 nitrogen and oxygen atoms in total. The van der Waals surface area contributed by atoms with Gasteiger partial charge in [0.15, 0.2) is 0 Å². The van der Waals surface area contributed by atoms with Crippen LogP contribution in [0.1, 0.15) is 32.6 Å². The molecular formula is C12H20F3N. The molecule has 3 unspecified atom stereocenters. The molecule has 0 radical (unpaired) electrons. The smallest absolute Gasteiger partial charge is 0.313 e. The Morgan fingerprint density at radius 2 is 2.00 bits per heavy atom. The highest BCUT2D eigenvalue weighted by molar-refractivity contribution is 5.05. The van der Waals surface area contributed by atoms with E-state index in [9.17, 15) is 13.2 Å². The molecule has 4 heteroatoms. The van der Waals surface area contributed by atoms with Crippen LogP contribution in [0.3, 0.4) is 0 Å². The molecule has 1 rings (SSSR count). The molecule has 1 aliphatic carbocycles. The molecule has 0 amide bonds. The van der Waals surface area contributed by atoms with Gasteiger partial charge in [-0.15, -0.1) is 0 Å². The first-order valence-electron chi connectivity index (χ1n) is 5.75. The number of hydrogen-bond acceptors (Lipinski definition) is 1. The minimum atomic E-state index is -4.04. The lowest BCUT2D eigenvalue weighted by Crippen LogP contribution is -2.39. The van der Waals surface area contributed by atoms with Crippen molar-refractivity contribution >= 4 is 0 Å². The summed E-state index contributed by atoms with van der Waals surface area (Å²) in [7, 11) is 1.79. The van der Waals surface area contributed by atoms with Gasteiger partial charge in [0.2, 0.25) is 0 Å². The predicted molar refractivity (Wildman–Crippen MR) is 59.2 cm³/mol. The Bertz CT molecular complexity index is 247. The molecule has 1 fully saturated rings. The number of nitrogens with one attached hydrogen (secondary N) is 1. The second-order valence-electron chi connectivity index (χ2n) is 4.78. The number of halogens is 3. The van der Waals surface area contributed by atoms with Crippen LogP contribution in [0, 0.1) is 11.8 Å². The Morgan fingerprint density at radius 1 is 1.38 bits per heavy atom. The number of rotatable bonds is 3. The Balaban J connectivity index is 2.66. The fourth-order valence-electron chi connectivity index (χ4n) is 2.71. The second-order valence-corrected chi connectivity index (χ2v) is 4.78. The van der Waals surface area contributed by atoms with Gasteiger partial charge in [-0.2, -0.15) is 13.2 Å². The molecule has 3 atom stereocenters. The zero-order valence-corrected chi connectivity index (χ0v) is 9.90. The predicted octanol–water partition coefficient (Wildman–Crippen LogP) is 3.52. The molecule has 16 heavy (non-hydrogen) atoms. The Labute approximate surface area is 95.1 Å². The Morgan fingerprint density at radius 3 is 2.44 bits per heavy atom. The van der Waals surface area contributed by atoms with E-state index >= 15 is 0 Å². The zero-order valence-electron chi connectivity index (χ0n) is 9.90. The average Bonchev–Trinajstić information content (AvgIpc) is 2.17. The minimum Gasteiger partial charge on any atom is -0.313 e. The van der Waals surface area contributed by atoms with Crippen molar-refractivity contribution in [1.29, 1.82) is 0 Å². The van der Waals surface area contributed by atoms with Gasteiger partial charge in [0.25, 0.3) is 0 Å². The molecule has 0 saturated heterocycles. The van der Waals surface area contributed by atoms with Crippen LogP contribution >= 0.6 is 0 Å². The summed E-state index contributed by atoms with van der Waals surface area (Å²) in [6.45, 7) is 5.72. The molecular weight excluding hydrogens is 215 g/mol. The summed E-state index contributed by atoms with van der Waals surface area (Å²) in [5.74, 6) is -1.05. The SMILES string of the molecule is C=C(C)C(NC)C1CCCC(C(F)(F)F)C1. The lowest BCUT2D eigenvalue weighted by atomic mass is 9.76. The first-order valence-corrected chi connectivity index (χ1v) is 5.75. The molecule has 1 N–H and O–H groups in total. The first-order chi connectivity index (χ1) is 7.36. The van der Waals surface area contributed by atoms with E-state index in [1.54, 1.807) is 7.05 Å². The number of hydrogen-bond donors (Lipinski definition) is 1. The second kappa shape index (κ2) is 5.21. The standard InChI is InChI=1S/C12H20F3N/c1-8(2)11(16-3)9-5-4-6-10(7-9)12(13,14)15/h9-11,16H,1,4-7H2,2-3H3. The lowest BCUT2D eigenvalue weighted by Gasteiger charge is -2.35. The lowest BCUT2D eigenvalue weighted by molar-refractivity contribution is -0.186. The molecule has 0 aromatic heterocycles. The van der Waals surface area contributed by atoms with Crippen LogP contribution in [0.5, 0.6) is 0 Å². The van der Waals surface area contributed by atoms with Gasteiger partial charge in [-0.05, 0) is 39.2 Å². The van der Waals surface area contributed by atoms with Gasteiger partial charge in [-0.25, -0.2) is 0 Å². The van der Waals surface area contributed by atoms with E-state index in [1.807, 2.05) is 6.92 Å². The minimum absolute atomic E-state index is 0.0187. The average molecular weight is 235 g/mol. The van der Waals surface area contributed by atoms with Crippen LogP contribution in [0.15, 0.2) is 12.2 Å². The van der Waals surface area contributed by atoms with Gasteiger partial charge in [0, 0.05) is 6.04 Å². The summed E-state index contributed by atoms with van der Waals surface area (Å²) < 4.78 is 37.9. The molecule has 0 bridgehead atoms. The zero-order chi connectivity index (χ0) is 12.3.